The number of primary amides is 1. The summed E-state index contributed by atoms with van der Waals surface area (Å²) in [6.07, 6.45) is 4.95. The van der Waals surface area contributed by atoms with Gasteiger partial charge in [0.1, 0.15) is 0 Å². The lowest BCUT2D eigenvalue weighted by Crippen LogP contribution is -2.42. The Kier molecular flexibility index (Phi) is 6.17. The first kappa shape index (κ1) is 19.0. The van der Waals surface area contributed by atoms with Crippen LogP contribution in [0.25, 0.3) is 0 Å². The Morgan fingerprint density at radius 2 is 1.76 bits per heavy atom. The highest BCUT2D eigenvalue weighted by atomic mass is 16.4. The molecule has 1 aromatic rings. The minimum absolute atomic E-state index is 0.0754. The first-order valence-corrected chi connectivity index (χ1v) is 8.72. The molecule has 1 aliphatic carbocycles. The van der Waals surface area contributed by atoms with Gasteiger partial charge in [-0.05, 0) is 43.4 Å². The van der Waals surface area contributed by atoms with Gasteiger partial charge in [0.2, 0.25) is 11.8 Å². The van der Waals surface area contributed by atoms with E-state index >= 15 is 0 Å². The molecule has 2 amide bonds. The van der Waals surface area contributed by atoms with Crippen LogP contribution in [0.1, 0.15) is 51.0 Å². The number of hydrogen-bond acceptors (Lipinski definition) is 3. The highest BCUT2D eigenvalue weighted by molar-refractivity contribution is 5.97. The highest BCUT2D eigenvalue weighted by Gasteiger charge is 2.43. The van der Waals surface area contributed by atoms with Gasteiger partial charge in [-0.3, -0.25) is 14.4 Å². The topological polar surface area (TPSA) is 109 Å². The molecule has 0 heterocycles. The number of nitrogens with two attached hydrogens (primary N) is 1. The molecule has 0 bridgehead atoms. The summed E-state index contributed by atoms with van der Waals surface area (Å²) in [5, 5.41) is 12.1. The molecule has 1 aromatic carbocycles. The minimum atomic E-state index is -0.958. The first-order chi connectivity index (χ1) is 11.8. The SMILES string of the molecule is CC(CC(=O)O)(C(=O)Nc1ccc(CC(N)=O)cc1)C1CCCCC1. The number of carboxylic acid groups (broad SMARTS) is 1. The van der Waals surface area contributed by atoms with E-state index in [1.165, 1.54) is 0 Å². The lowest BCUT2D eigenvalue weighted by molar-refractivity contribution is -0.145. The van der Waals surface area contributed by atoms with E-state index in [-0.39, 0.29) is 24.7 Å². The van der Waals surface area contributed by atoms with E-state index in [2.05, 4.69) is 5.32 Å². The Morgan fingerprint density at radius 1 is 1.16 bits per heavy atom. The van der Waals surface area contributed by atoms with Gasteiger partial charge in [0.05, 0.1) is 18.3 Å². The van der Waals surface area contributed by atoms with Crippen LogP contribution >= 0.6 is 0 Å². The van der Waals surface area contributed by atoms with Crippen molar-refractivity contribution in [3.8, 4) is 0 Å². The molecular weight excluding hydrogens is 320 g/mol. The molecule has 1 saturated carbocycles. The summed E-state index contributed by atoms with van der Waals surface area (Å²) in [4.78, 5) is 35.2. The monoisotopic (exact) mass is 346 g/mol. The van der Waals surface area contributed by atoms with E-state index < -0.39 is 17.3 Å². The van der Waals surface area contributed by atoms with Gasteiger partial charge < -0.3 is 16.2 Å². The number of anilines is 1. The van der Waals surface area contributed by atoms with Crippen molar-refractivity contribution in [2.24, 2.45) is 17.1 Å². The summed E-state index contributed by atoms with van der Waals surface area (Å²) in [5.74, 6) is -1.56. The van der Waals surface area contributed by atoms with Crippen LogP contribution in [0.15, 0.2) is 24.3 Å². The molecule has 6 nitrogen and oxygen atoms in total. The molecule has 0 aromatic heterocycles. The summed E-state index contributed by atoms with van der Waals surface area (Å²) in [7, 11) is 0. The van der Waals surface area contributed by atoms with Crippen LogP contribution in [0.5, 0.6) is 0 Å². The molecule has 2 rings (SSSR count). The van der Waals surface area contributed by atoms with Crippen LogP contribution in [0.4, 0.5) is 5.69 Å². The normalized spacial score (nSPS) is 17.5. The van der Waals surface area contributed by atoms with Crippen molar-refractivity contribution in [3.63, 3.8) is 0 Å². The van der Waals surface area contributed by atoms with Gasteiger partial charge in [-0.2, -0.15) is 0 Å². The molecule has 0 saturated heterocycles. The zero-order valence-corrected chi connectivity index (χ0v) is 14.6. The Morgan fingerprint density at radius 3 is 2.28 bits per heavy atom. The van der Waals surface area contributed by atoms with Gasteiger partial charge in [-0.25, -0.2) is 0 Å². The van der Waals surface area contributed by atoms with Gasteiger partial charge in [-0.15, -0.1) is 0 Å². The fourth-order valence-electron chi connectivity index (χ4n) is 3.64. The van der Waals surface area contributed by atoms with Crippen molar-refractivity contribution in [1.82, 2.24) is 0 Å². The second-order valence-corrected chi connectivity index (χ2v) is 7.12. The summed E-state index contributed by atoms with van der Waals surface area (Å²) in [6.45, 7) is 1.76. The lowest BCUT2D eigenvalue weighted by Gasteiger charge is -2.37. The molecule has 1 unspecified atom stereocenters. The van der Waals surface area contributed by atoms with E-state index in [0.717, 1.165) is 37.7 Å². The van der Waals surface area contributed by atoms with Crippen LogP contribution in [-0.2, 0) is 20.8 Å². The van der Waals surface area contributed by atoms with Crippen molar-refractivity contribution < 1.29 is 19.5 Å². The van der Waals surface area contributed by atoms with Crippen LogP contribution in [0, 0.1) is 11.3 Å². The van der Waals surface area contributed by atoms with Crippen molar-refractivity contribution in [1.29, 1.82) is 0 Å². The van der Waals surface area contributed by atoms with Crippen molar-refractivity contribution in [3.05, 3.63) is 29.8 Å². The largest absolute Gasteiger partial charge is 0.481 e. The number of hydrogen-bond donors (Lipinski definition) is 3. The zero-order chi connectivity index (χ0) is 18.4. The Labute approximate surface area is 147 Å². The maximum absolute atomic E-state index is 12.9. The molecule has 4 N–H and O–H groups in total. The molecule has 0 spiro atoms. The number of nitrogens with one attached hydrogen (secondary N) is 1. The third-order valence-corrected chi connectivity index (χ3v) is 5.13. The summed E-state index contributed by atoms with van der Waals surface area (Å²) in [5.41, 5.74) is 5.59. The Bertz CT molecular complexity index is 635. The van der Waals surface area contributed by atoms with E-state index in [9.17, 15) is 19.5 Å². The fourth-order valence-corrected chi connectivity index (χ4v) is 3.64. The number of carbonyl (C=O) groups is 3. The fraction of sp³-hybridized carbons (Fsp3) is 0.526. The standard InChI is InChI=1S/C19H26N2O4/c1-19(12-17(23)24,14-5-3-2-4-6-14)18(25)21-15-9-7-13(8-10-15)11-16(20)22/h7-10,14H,2-6,11-12H2,1H3,(H2,20,22)(H,21,25)(H,23,24). The van der Waals surface area contributed by atoms with Crippen molar-refractivity contribution in [2.45, 2.75) is 51.9 Å². The molecule has 1 aliphatic rings. The average molecular weight is 346 g/mol. The van der Waals surface area contributed by atoms with E-state index in [0.29, 0.717) is 5.69 Å². The van der Waals surface area contributed by atoms with Gasteiger partial charge in [0.25, 0.3) is 0 Å². The van der Waals surface area contributed by atoms with Gasteiger partial charge in [0, 0.05) is 5.69 Å². The van der Waals surface area contributed by atoms with Crippen molar-refractivity contribution in [2.75, 3.05) is 5.32 Å². The average Bonchev–Trinajstić information content (AvgIpc) is 2.56. The second kappa shape index (κ2) is 8.14. The minimum Gasteiger partial charge on any atom is -0.481 e. The molecule has 1 fully saturated rings. The predicted octanol–water partition coefficient (Wildman–Crippen LogP) is 2.71. The van der Waals surface area contributed by atoms with Gasteiger partial charge in [0.15, 0.2) is 0 Å². The smallest absolute Gasteiger partial charge is 0.304 e. The van der Waals surface area contributed by atoms with Crippen LogP contribution in [0.3, 0.4) is 0 Å². The molecule has 6 heteroatoms. The zero-order valence-electron chi connectivity index (χ0n) is 14.6. The first-order valence-electron chi connectivity index (χ1n) is 8.72. The molecule has 0 radical (unpaired) electrons. The Balaban J connectivity index is 2.13. The van der Waals surface area contributed by atoms with Crippen LogP contribution in [-0.4, -0.2) is 22.9 Å². The number of rotatable bonds is 7. The quantitative estimate of drug-likeness (QED) is 0.705. The lowest BCUT2D eigenvalue weighted by atomic mass is 9.67. The number of benzene rings is 1. The maximum Gasteiger partial charge on any atom is 0.304 e. The maximum atomic E-state index is 12.9. The van der Waals surface area contributed by atoms with Crippen LogP contribution in [0.2, 0.25) is 0 Å². The molecule has 0 aliphatic heterocycles. The number of aliphatic carboxylic acids is 1. The highest BCUT2D eigenvalue weighted by Crippen LogP contribution is 2.42. The van der Waals surface area contributed by atoms with Gasteiger partial charge in [-0.1, -0.05) is 31.4 Å². The van der Waals surface area contributed by atoms with Crippen molar-refractivity contribution >= 4 is 23.5 Å². The summed E-state index contributed by atoms with van der Waals surface area (Å²) in [6, 6.07) is 6.88. The van der Waals surface area contributed by atoms with E-state index in [1.807, 2.05) is 0 Å². The number of carbonyl (C=O) groups excluding carboxylic acids is 2. The third-order valence-electron chi connectivity index (χ3n) is 5.13. The molecule has 1 atom stereocenters. The number of carboxylic acids is 1. The Hall–Kier alpha value is -2.37. The third kappa shape index (κ3) is 5.05. The molecular formula is C19H26N2O4. The second-order valence-electron chi connectivity index (χ2n) is 7.12. The van der Waals surface area contributed by atoms with E-state index in [1.54, 1.807) is 31.2 Å². The van der Waals surface area contributed by atoms with E-state index in [4.69, 9.17) is 5.73 Å². The van der Waals surface area contributed by atoms with Gasteiger partial charge >= 0.3 is 5.97 Å². The summed E-state index contributed by atoms with van der Waals surface area (Å²) < 4.78 is 0. The van der Waals surface area contributed by atoms with Crippen LogP contribution < -0.4 is 11.1 Å². The number of amides is 2. The summed E-state index contributed by atoms with van der Waals surface area (Å²) >= 11 is 0. The molecule has 136 valence electrons. The predicted molar refractivity (Wildman–Crippen MR) is 94.9 cm³/mol. The molecule has 25 heavy (non-hydrogen) atoms.